The van der Waals surface area contributed by atoms with E-state index in [4.69, 9.17) is 14.0 Å². The number of carbonyl (C=O) groups is 1. The summed E-state index contributed by atoms with van der Waals surface area (Å²) in [5, 5.41) is 2.32. The summed E-state index contributed by atoms with van der Waals surface area (Å²) in [5.41, 5.74) is 4.72. The molecule has 1 aliphatic carbocycles. The maximum atomic E-state index is 13.0. The minimum absolute atomic E-state index is 0.0492. The summed E-state index contributed by atoms with van der Waals surface area (Å²) in [6, 6.07) is 23.1. The molecule has 3 aromatic carbocycles. The normalized spacial score (nSPS) is 17.7. The number of hydrogen-bond donors (Lipinski definition) is 1. The van der Waals surface area contributed by atoms with Gasteiger partial charge in [-0.3, -0.25) is 0 Å². The van der Waals surface area contributed by atoms with E-state index in [0.717, 1.165) is 22.3 Å². The smallest absolute Gasteiger partial charge is 0.449 e. The van der Waals surface area contributed by atoms with Crippen molar-refractivity contribution in [2.75, 3.05) is 13.2 Å². The van der Waals surface area contributed by atoms with Crippen molar-refractivity contribution >= 4 is 29.1 Å². The number of amides is 1. The molecule has 5 rings (SSSR count). The predicted molar refractivity (Wildman–Crippen MR) is 166 cm³/mol. The van der Waals surface area contributed by atoms with Crippen molar-refractivity contribution in [2.45, 2.75) is 68.8 Å². The number of fused-ring (bicyclic) bond motifs is 3. The van der Waals surface area contributed by atoms with Crippen LogP contribution in [-0.4, -0.2) is 51.2 Å². The minimum atomic E-state index is -3.46. The highest BCUT2D eigenvalue weighted by atomic mass is 32.2. The van der Waals surface area contributed by atoms with Crippen LogP contribution in [0.15, 0.2) is 83.2 Å². The van der Waals surface area contributed by atoms with Crippen LogP contribution in [-0.2, 0) is 23.9 Å². The highest BCUT2D eigenvalue weighted by molar-refractivity contribution is 7.92. The Bertz CT molecular complexity index is 1570. The Morgan fingerprint density at radius 3 is 2.07 bits per heavy atom. The van der Waals surface area contributed by atoms with Gasteiger partial charge in [0, 0.05) is 12.5 Å². The molecule has 1 aliphatic heterocycles. The molecule has 1 saturated heterocycles. The van der Waals surface area contributed by atoms with Crippen molar-refractivity contribution < 1.29 is 27.3 Å². The lowest BCUT2D eigenvalue weighted by molar-refractivity contribution is 0.00578. The van der Waals surface area contributed by atoms with Crippen LogP contribution in [0.25, 0.3) is 17.2 Å². The molecule has 0 aromatic heterocycles. The van der Waals surface area contributed by atoms with Crippen molar-refractivity contribution in [3.8, 4) is 11.1 Å². The summed E-state index contributed by atoms with van der Waals surface area (Å²) in [7, 11) is -4.20. The molecule has 3 aromatic rings. The van der Waals surface area contributed by atoms with Crippen LogP contribution in [0.1, 0.15) is 64.2 Å². The van der Waals surface area contributed by atoms with Gasteiger partial charge in [-0.05, 0) is 87.0 Å². The number of hydrogen-bond acceptors (Lipinski definition) is 6. The van der Waals surface area contributed by atoms with Gasteiger partial charge in [-0.25, -0.2) is 13.2 Å². The Balaban J connectivity index is 1.34. The molecule has 0 radical (unpaired) electrons. The third-order valence-corrected chi connectivity index (χ3v) is 10.6. The van der Waals surface area contributed by atoms with Crippen LogP contribution in [0.3, 0.4) is 0 Å². The van der Waals surface area contributed by atoms with Crippen molar-refractivity contribution in [2.24, 2.45) is 0 Å². The average Bonchev–Trinajstić information content (AvgIpc) is 3.38. The Morgan fingerprint density at radius 2 is 1.50 bits per heavy atom. The standard InChI is InChI=1S/C33H38BNO6S/c1-22(2)42(37,38)25-13-11-12-23(19-25)18-24(34-40-32(3,4)33(5,6)41-34)20-35-31(36)39-21-30-28-16-9-7-14-26(28)27-15-8-10-17-29(27)30/h7-19,22,30H,20-21H2,1-6H3,(H,35,36). The zero-order valence-corrected chi connectivity index (χ0v) is 25.8. The fourth-order valence-electron chi connectivity index (χ4n) is 5.29. The fourth-order valence-corrected chi connectivity index (χ4v) is 6.40. The van der Waals surface area contributed by atoms with E-state index in [9.17, 15) is 13.2 Å². The zero-order chi connectivity index (χ0) is 30.3. The van der Waals surface area contributed by atoms with Crippen LogP contribution >= 0.6 is 0 Å². The first-order chi connectivity index (χ1) is 19.8. The number of rotatable bonds is 8. The summed E-state index contributed by atoms with van der Waals surface area (Å²) < 4.78 is 43.9. The Kier molecular flexibility index (Phi) is 8.13. The molecule has 2 aliphatic rings. The van der Waals surface area contributed by atoms with Gasteiger partial charge in [-0.1, -0.05) is 66.7 Å². The van der Waals surface area contributed by atoms with E-state index < -0.39 is 39.5 Å². The van der Waals surface area contributed by atoms with Gasteiger partial charge < -0.3 is 19.4 Å². The van der Waals surface area contributed by atoms with Crippen LogP contribution in [0, 0.1) is 0 Å². The van der Waals surface area contributed by atoms with Crippen molar-refractivity contribution in [3.63, 3.8) is 0 Å². The first-order valence-corrected chi connectivity index (χ1v) is 15.8. The molecular formula is C33H38BNO6S. The number of alkyl carbamates (subject to hydrolysis) is 1. The third kappa shape index (κ3) is 5.78. The zero-order valence-electron chi connectivity index (χ0n) is 25.0. The fraction of sp³-hybridized carbons (Fsp3) is 0.364. The lowest BCUT2D eigenvalue weighted by Gasteiger charge is -2.32. The summed E-state index contributed by atoms with van der Waals surface area (Å²) in [6.07, 6.45) is 1.25. The van der Waals surface area contributed by atoms with Crippen LogP contribution < -0.4 is 5.32 Å². The second kappa shape index (κ2) is 11.4. The van der Waals surface area contributed by atoms with Gasteiger partial charge in [0.05, 0.1) is 21.3 Å². The van der Waals surface area contributed by atoms with Gasteiger partial charge in [-0.2, -0.15) is 0 Å². The minimum Gasteiger partial charge on any atom is -0.449 e. The second-order valence-electron chi connectivity index (χ2n) is 12.2. The summed E-state index contributed by atoms with van der Waals surface area (Å²) >= 11 is 0. The van der Waals surface area contributed by atoms with Gasteiger partial charge in [0.1, 0.15) is 6.61 Å². The first-order valence-electron chi connectivity index (χ1n) is 14.3. The summed E-state index contributed by atoms with van der Waals surface area (Å²) in [4.78, 5) is 13.2. The lowest BCUT2D eigenvalue weighted by atomic mass is 9.77. The van der Waals surface area contributed by atoms with Crippen LogP contribution in [0.4, 0.5) is 4.79 Å². The van der Waals surface area contributed by atoms with Gasteiger partial charge in [0.25, 0.3) is 0 Å². The number of sulfone groups is 1. The summed E-state index contributed by atoms with van der Waals surface area (Å²) in [5.74, 6) is -0.0492. The molecule has 220 valence electrons. The van der Waals surface area contributed by atoms with E-state index in [-0.39, 0.29) is 24.0 Å². The average molecular weight is 588 g/mol. The largest absolute Gasteiger partial charge is 0.492 e. The predicted octanol–water partition coefficient (Wildman–Crippen LogP) is 6.42. The number of carbonyl (C=O) groups excluding carboxylic acids is 1. The first kappa shape index (κ1) is 30.1. The number of nitrogens with one attached hydrogen (secondary N) is 1. The van der Waals surface area contributed by atoms with E-state index in [2.05, 4.69) is 29.6 Å². The van der Waals surface area contributed by atoms with E-state index in [0.29, 0.717) is 11.0 Å². The third-order valence-electron chi connectivity index (χ3n) is 8.50. The van der Waals surface area contributed by atoms with Crippen molar-refractivity contribution in [1.29, 1.82) is 0 Å². The molecule has 1 amide bonds. The Morgan fingerprint density at radius 1 is 0.929 bits per heavy atom. The molecule has 42 heavy (non-hydrogen) atoms. The van der Waals surface area contributed by atoms with Gasteiger partial charge in [0.15, 0.2) is 9.84 Å². The molecule has 0 unspecified atom stereocenters. The van der Waals surface area contributed by atoms with E-state index in [1.807, 2.05) is 64.1 Å². The topological polar surface area (TPSA) is 90.9 Å². The molecule has 1 heterocycles. The van der Waals surface area contributed by atoms with E-state index >= 15 is 0 Å². The van der Waals surface area contributed by atoms with Gasteiger partial charge >= 0.3 is 13.2 Å². The van der Waals surface area contributed by atoms with Crippen molar-refractivity contribution in [3.05, 3.63) is 95.0 Å². The van der Waals surface area contributed by atoms with Crippen molar-refractivity contribution in [1.82, 2.24) is 5.32 Å². The quantitative estimate of drug-likeness (QED) is 0.306. The van der Waals surface area contributed by atoms with Crippen LogP contribution in [0.2, 0.25) is 0 Å². The highest BCUT2D eigenvalue weighted by Crippen LogP contribution is 2.44. The van der Waals surface area contributed by atoms with Gasteiger partial charge in [-0.15, -0.1) is 0 Å². The van der Waals surface area contributed by atoms with E-state index in [1.54, 1.807) is 32.0 Å². The molecule has 7 nitrogen and oxygen atoms in total. The Hall–Kier alpha value is -3.40. The maximum Gasteiger partial charge on any atom is 0.492 e. The molecule has 0 saturated carbocycles. The highest BCUT2D eigenvalue weighted by Gasteiger charge is 2.52. The molecule has 9 heteroatoms. The second-order valence-corrected chi connectivity index (χ2v) is 14.7. The molecule has 0 atom stereocenters. The number of benzene rings is 3. The summed E-state index contributed by atoms with van der Waals surface area (Å²) in [6.45, 7) is 11.4. The molecular weight excluding hydrogens is 549 g/mol. The Labute approximate surface area is 249 Å². The van der Waals surface area contributed by atoms with Gasteiger partial charge in [0.2, 0.25) is 0 Å². The molecule has 0 spiro atoms. The monoisotopic (exact) mass is 587 g/mol. The lowest BCUT2D eigenvalue weighted by Crippen LogP contribution is -2.41. The SMILES string of the molecule is CC(C)S(=O)(=O)c1cccc(C=C(CNC(=O)OCC2c3ccccc3-c3ccccc32)B2OC(C)(C)C(C)(C)O2)c1. The number of ether oxygens (including phenoxy) is 1. The van der Waals surface area contributed by atoms with E-state index in [1.165, 1.54) is 0 Å². The molecule has 1 fully saturated rings. The molecule has 1 N–H and O–H groups in total. The van der Waals surface area contributed by atoms with Crippen LogP contribution in [0.5, 0.6) is 0 Å². The molecule has 0 bridgehead atoms. The maximum absolute atomic E-state index is 13.0.